The molecule has 0 spiro atoms. The van der Waals surface area contributed by atoms with Gasteiger partial charge in [-0.15, -0.1) is 0 Å². The van der Waals surface area contributed by atoms with Crippen molar-refractivity contribution in [2.45, 2.75) is 6.92 Å². The lowest BCUT2D eigenvalue weighted by Gasteiger charge is -2.09. The monoisotopic (exact) mass is 275 g/mol. The molecule has 0 saturated heterocycles. The first kappa shape index (κ1) is 13.9. The summed E-state index contributed by atoms with van der Waals surface area (Å²) >= 11 is 0. The van der Waals surface area contributed by atoms with E-state index in [2.05, 4.69) is 10.4 Å². The van der Waals surface area contributed by atoms with E-state index in [9.17, 15) is 4.79 Å². The molecular formula is C14H17N3O3. The van der Waals surface area contributed by atoms with Crippen molar-refractivity contribution >= 4 is 11.6 Å². The van der Waals surface area contributed by atoms with Gasteiger partial charge in [-0.3, -0.25) is 9.48 Å². The number of carbonyl (C=O) groups excluding carboxylic acids is 1. The van der Waals surface area contributed by atoms with Crippen LogP contribution in [0.1, 0.15) is 16.1 Å². The number of methoxy groups -OCH3 is 2. The van der Waals surface area contributed by atoms with Gasteiger partial charge in [0.15, 0.2) is 11.5 Å². The third kappa shape index (κ3) is 2.59. The molecule has 6 heteroatoms. The molecule has 0 fully saturated rings. The fraction of sp³-hybridized carbons (Fsp3) is 0.286. The number of rotatable bonds is 4. The smallest absolute Gasteiger partial charge is 0.255 e. The number of hydrogen-bond donors (Lipinski definition) is 1. The van der Waals surface area contributed by atoms with Crippen LogP contribution in [0.25, 0.3) is 0 Å². The first-order valence-electron chi connectivity index (χ1n) is 6.08. The molecule has 2 rings (SSSR count). The minimum Gasteiger partial charge on any atom is -0.493 e. The van der Waals surface area contributed by atoms with E-state index in [4.69, 9.17) is 9.47 Å². The van der Waals surface area contributed by atoms with Crippen LogP contribution in [0, 0.1) is 6.92 Å². The Hall–Kier alpha value is -2.50. The molecule has 2 aromatic rings. The number of aromatic nitrogens is 2. The average Bonchev–Trinajstić information content (AvgIpc) is 2.78. The summed E-state index contributed by atoms with van der Waals surface area (Å²) in [5.41, 5.74) is 2.07. The predicted octanol–water partition coefficient (Wildman–Crippen LogP) is 2.00. The van der Waals surface area contributed by atoms with Crippen molar-refractivity contribution in [3.05, 3.63) is 35.7 Å². The predicted molar refractivity (Wildman–Crippen MR) is 75.4 cm³/mol. The van der Waals surface area contributed by atoms with E-state index in [1.165, 1.54) is 7.11 Å². The summed E-state index contributed by atoms with van der Waals surface area (Å²) < 4.78 is 12.0. The van der Waals surface area contributed by atoms with Gasteiger partial charge >= 0.3 is 0 Å². The molecule has 0 atom stereocenters. The molecule has 1 aromatic heterocycles. The molecule has 106 valence electrons. The summed E-state index contributed by atoms with van der Waals surface area (Å²) in [4.78, 5) is 12.2. The number of carbonyl (C=O) groups is 1. The van der Waals surface area contributed by atoms with Crippen LogP contribution >= 0.6 is 0 Å². The summed E-state index contributed by atoms with van der Waals surface area (Å²) in [7, 11) is 4.91. The fourth-order valence-corrected chi connectivity index (χ4v) is 1.79. The second-order valence-corrected chi connectivity index (χ2v) is 4.29. The van der Waals surface area contributed by atoms with Crippen LogP contribution < -0.4 is 14.8 Å². The van der Waals surface area contributed by atoms with Gasteiger partial charge in [0, 0.05) is 12.6 Å². The summed E-state index contributed by atoms with van der Waals surface area (Å²) in [6, 6.07) is 5.02. The standard InChI is InChI=1S/C14H17N3O3/c1-9-11(8-15-17(9)2)16-14(18)10-5-6-12(19-3)13(7-10)20-4/h5-8H,1-4H3,(H,16,18). The Kier molecular flexibility index (Phi) is 3.93. The molecule has 1 heterocycles. The van der Waals surface area contributed by atoms with Crippen LogP contribution in [-0.2, 0) is 7.05 Å². The third-order valence-electron chi connectivity index (χ3n) is 3.13. The quantitative estimate of drug-likeness (QED) is 0.926. The molecule has 1 N–H and O–H groups in total. The van der Waals surface area contributed by atoms with E-state index < -0.39 is 0 Å². The van der Waals surface area contributed by atoms with E-state index in [0.717, 1.165) is 5.69 Å². The molecule has 1 aromatic carbocycles. The van der Waals surface area contributed by atoms with Crippen LogP contribution in [0.3, 0.4) is 0 Å². The number of amides is 1. The Labute approximate surface area is 117 Å². The zero-order chi connectivity index (χ0) is 14.7. The van der Waals surface area contributed by atoms with Crippen molar-refractivity contribution in [1.82, 2.24) is 9.78 Å². The van der Waals surface area contributed by atoms with E-state index in [1.807, 2.05) is 14.0 Å². The molecule has 1 amide bonds. The highest BCUT2D eigenvalue weighted by molar-refractivity contribution is 6.04. The molecule has 0 aliphatic rings. The minimum atomic E-state index is -0.220. The Bertz CT molecular complexity index is 635. The van der Waals surface area contributed by atoms with Crippen LogP contribution in [0.5, 0.6) is 11.5 Å². The number of nitrogens with one attached hydrogen (secondary N) is 1. The molecule has 0 aliphatic carbocycles. The van der Waals surface area contributed by atoms with E-state index >= 15 is 0 Å². The third-order valence-corrected chi connectivity index (χ3v) is 3.13. The highest BCUT2D eigenvalue weighted by atomic mass is 16.5. The van der Waals surface area contributed by atoms with Gasteiger partial charge in [0.2, 0.25) is 0 Å². The molecule has 0 unspecified atom stereocenters. The summed E-state index contributed by atoms with van der Waals surface area (Å²) in [5, 5.41) is 6.90. The van der Waals surface area contributed by atoms with E-state index in [-0.39, 0.29) is 5.91 Å². The summed E-state index contributed by atoms with van der Waals surface area (Å²) in [6.45, 7) is 1.89. The van der Waals surface area contributed by atoms with Crippen LogP contribution in [0.2, 0.25) is 0 Å². The first-order chi connectivity index (χ1) is 9.56. The van der Waals surface area contributed by atoms with Crippen molar-refractivity contribution in [2.75, 3.05) is 19.5 Å². The lowest BCUT2D eigenvalue weighted by molar-refractivity contribution is 0.102. The van der Waals surface area contributed by atoms with Crippen LogP contribution in [-0.4, -0.2) is 29.9 Å². The maximum atomic E-state index is 12.2. The Morgan fingerprint density at radius 3 is 2.50 bits per heavy atom. The highest BCUT2D eigenvalue weighted by Crippen LogP contribution is 2.28. The van der Waals surface area contributed by atoms with Gasteiger partial charge in [-0.1, -0.05) is 0 Å². The second kappa shape index (κ2) is 5.64. The fourth-order valence-electron chi connectivity index (χ4n) is 1.79. The Balaban J connectivity index is 2.23. The van der Waals surface area contributed by atoms with Gasteiger partial charge in [-0.25, -0.2) is 0 Å². The van der Waals surface area contributed by atoms with Crippen molar-refractivity contribution in [3.8, 4) is 11.5 Å². The lowest BCUT2D eigenvalue weighted by atomic mass is 10.2. The largest absolute Gasteiger partial charge is 0.493 e. The highest BCUT2D eigenvalue weighted by Gasteiger charge is 2.13. The normalized spacial score (nSPS) is 10.2. The summed E-state index contributed by atoms with van der Waals surface area (Å²) in [5.74, 6) is 0.881. The Morgan fingerprint density at radius 1 is 1.25 bits per heavy atom. The zero-order valence-corrected chi connectivity index (χ0v) is 11.9. The van der Waals surface area contributed by atoms with E-state index in [1.54, 1.807) is 36.2 Å². The van der Waals surface area contributed by atoms with Gasteiger partial charge in [-0.2, -0.15) is 5.10 Å². The van der Waals surface area contributed by atoms with Crippen molar-refractivity contribution in [3.63, 3.8) is 0 Å². The second-order valence-electron chi connectivity index (χ2n) is 4.29. The number of ether oxygens (including phenoxy) is 2. The van der Waals surface area contributed by atoms with Crippen molar-refractivity contribution < 1.29 is 14.3 Å². The minimum absolute atomic E-state index is 0.220. The maximum Gasteiger partial charge on any atom is 0.255 e. The van der Waals surface area contributed by atoms with Gasteiger partial charge in [0.05, 0.1) is 31.8 Å². The number of hydrogen-bond acceptors (Lipinski definition) is 4. The number of benzene rings is 1. The lowest BCUT2D eigenvalue weighted by Crippen LogP contribution is -2.12. The number of nitrogens with zero attached hydrogens (tertiary/aromatic N) is 2. The first-order valence-corrected chi connectivity index (χ1v) is 6.08. The van der Waals surface area contributed by atoms with Crippen molar-refractivity contribution in [1.29, 1.82) is 0 Å². The SMILES string of the molecule is COc1ccc(C(=O)Nc2cnn(C)c2C)cc1OC. The molecule has 0 bridgehead atoms. The Morgan fingerprint density at radius 2 is 1.95 bits per heavy atom. The van der Waals surface area contributed by atoms with Gasteiger partial charge < -0.3 is 14.8 Å². The topological polar surface area (TPSA) is 65.4 Å². The van der Waals surface area contributed by atoms with Crippen molar-refractivity contribution in [2.24, 2.45) is 7.05 Å². The summed E-state index contributed by atoms with van der Waals surface area (Å²) in [6.07, 6.45) is 1.62. The maximum absolute atomic E-state index is 12.2. The molecule has 20 heavy (non-hydrogen) atoms. The van der Waals surface area contributed by atoms with E-state index in [0.29, 0.717) is 22.7 Å². The average molecular weight is 275 g/mol. The molecule has 6 nitrogen and oxygen atoms in total. The molecular weight excluding hydrogens is 258 g/mol. The number of anilines is 1. The van der Waals surface area contributed by atoms with Crippen LogP contribution in [0.15, 0.2) is 24.4 Å². The van der Waals surface area contributed by atoms with Gasteiger partial charge in [0.1, 0.15) is 0 Å². The van der Waals surface area contributed by atoms with Gasteiger partial charge in [-0.05, 0) is 25.1 Å². The molecule has 0 radical (unpaired) electrons. The van der Waals surface area contributed by atoms with Crippen LogP contribution in [0.4, 0.5) is 5.69 Å². The van der Waals surface area contributed by atoms with Gasteiger partial charge in [0.25, 0.3) is 5.91 Å². The molecule has 0 saturated carbocycles. The zero-order valence-electron chi connectivity index (χ0n) is 11.9. The molecule has 0 aliphatic heterocycles. The number of aryl methyl sites for hydroxylation is 1.